The zero-order valence-electron chi connectivity index (χ0n) is 14.5. The maximum atomic E-state index is 12.7. The molecule has 3 aliphatic rings. The van der Waals surface area contributed by atoms with Crippen molar-refractivity contribution in [1.29, 1.82) is 0 Å². The van der Waals surface area contributed by atoms with E-state index in [1.54, 1.807) is 0 Å². The van der Waals surface area contributed by atoms with Gasteiger partial charge in [0, 0.05) is 0 Å². The van der Waals surface area contributed by atoms with Gasteiger partial charge in [0.05, 0.1) is 6.54 Å². The summed E-state index contributed by atoms with van der Waals surface area (Å²) in [6.45, 7) is 4.20. The average molecular weight is 336 g/mol. The molecular weight excluding hydrogens is 308 g/mol. The Balaban J connectivity index is 1.57. The van der Waals surface area contributed by atoms with E-state index < -0.39 is 11.6 Å². The van der Waals surface area contributed by atoms with Gasteiger partial charge in [0.1, 0.15) is 5.54 Å². The second kappa shape index (κ2) is 7.09. The number of rotatable bonds is 3. The number of likely N-dealkylation sites (tertiary alicyclic amines) is 1. The molecule has 134 valence electrons. The zero-order chi connectivity index (χ0) is 17.2. The molecule has 4 amide bonds. The molecule has 1 spiro atoms. The number of hydrogen-bond donors (Lipinski definition) is 2. The number of amides is 4. The maximum Gasteiger partial charge on any atom is 0.344 e. The minimum absolute atomic E-state index is 0.237. The number of urea groups is 1. The largest absolute Gasteiger partial charge is 0.344 e. The van der Waals surface area contributed by atoms with Crippen LogP contribution in [0.5, 0.6) is 0 Å². The molecule has 1 aliphatic carbocycles. The van der Waals surface area contributed by atoms with E-state index in [2.05, 4.69) is 22.6 Å². The molecular formula is C17H28N4O3. The molecule has 0 radical (unpaired) electrons. The minimum Gasteiger partial charge on any atom is -0.322 e. The van der Waals surface area contributed by atoms with Crippen molar-refractivity contribution in [2.45, 2.75) is 63.8 Å². The molecule has 0 atom stereocenters. The van der Waals surface area contributed by atoms with Gasteiger partial charge in [-0.25, -0.2) is 4.79 Å². The summed E-state index contributed by atoms with van der Waals surface area (Å²) in [5.74, 6) is -0.0164. The van der Waals surface area contributed by atoms with Crippen LogP contribution in [-0.4, -0.2) is 52.9 Å². The molecule has 3 rings (SSSR count). The average Bonchev–Trinajstić information content (AvgIpc) is 2.75. The van der Waals surface area contributed by atoms with Crippen LogP contribution >= 0.6 is 0 Å². The summed E-state index contributed by atoms with van der Waals surface area (Å²) in [6, 6.07) is -0.501. The second-order valence-corrected chi connectivity index (χ2v) is 7.56. The van der Waals surface area contributed by atoms with Crippen molar-refractivity contribution in [2.24, 2.45) is 5.92 Å². The van der Waals surface area contributed by atoms with Crippen molar-refractivity contribution in [3.63, 3.8) is 0 Å². The van der Waals surface area contributed by atoms with Crippen LogP contribution < -0.4 is 10.7 Å². The Bertz CT molecular complexity index is 506. The summed E-state index contributed by atoms with van der Waals surface area (Å²) in [7, 11) is 0. The van der Waals surface area contributed by atoms with Crippen LogP contribution in [0.1, 0.15) is 58.3 Å². The van der Waals surface area contributed by atoms with E-state index in [1.807, 2.05) is 0 Å². The smallest absolute Gasteiger partial charge is 0.322 e. The molecule has 7 heteroatoms. The van der Waals surface area contributed by atoms with Gasteiger partial charge in [-0.1, -0.05) is 19.8 Å². The molecule has 3 fully saturated rings. The third kappa shape index (κ3) is 3.55. The molecule has 2 aliphatic heterocycles. The highest BCUT2D eigenvalue weighted by Gasteiger charge is 2.52. The van der Waals surface area contributed by atoms with Gasteiger partial charge < -0.3 is 5.32 Å². The lowest BCUT2D eigenvalue weighted by atomic mass is 9.77. The van der Waals surface area contributed by atoms with E-state index in [9.17, 15) is 14.4 Å². The maximum absolute atomic E-state index is 12.7. The highest BCUT2D eigenvalue weighted by atomic mass is 16.2. The number of carbonyl (C=O) groups is 3. The summed E-state index contributed by atoms with van der Waals surface area (Å²) < 4.78 is 0. The molecule has 0 aromatic carbocycles. The standard InChI is InChI=1S/C17H28N4O3/c1-13-6-8-17(9-7-13)15(23)21(16(24)18-17)19-14(22)12-20-10-4-2-3-5-11-20/h13H,2-12H2,1H3,(H,18,24)(H,19,22). The summed E-state index contributed by atoms with van der Waals surface area (Å²) in [6.07, 6.45) is 7.73. The first kappa shape index (κ1) is 17.2. The molecule has 2 saturated heterocycles. The first-order valence-electron chi connectivity index (χ1n) is 9.19. The van der Waals surface area contributed by atoms with Crippen molar-refractivity contribution < 1.29 is 14.4 Å². The van der Waals surface area contributed by atoms with Gasteiger partial charge in [0.15, 0.2) is 0 Å². The van der Waals surface area contributed by atoms with Crippen molar-refractivity contribution in [2.75, 3.05) is 19.6 Å². The van der Waals surface area contributed by atoms with Crippen LogP contribution in [-0.2, 0) is 9.59 Å². The first-order valence-corrected chi connectivity index (χ1v) is 9.19. The zero-order valence-corrected chi connectivity index (χ0v) is 14.5. The molecule has 0 aromatic rings. The second-order valence-electron chi connectivity index (χ2n) is 7.56. The summed E-state index contributed by atoms with van der Waals surface area (Å²) in [5, 5.41) is 3.72. The van der Waals surface area contributed by atoms with Gasteiger partial charge in [-0.05, 0) is 57.5 Å². The van der Waals surface area contributed by atoms with Crippen molar-refractivity contribution in [3.8, 4) is 0 Å². The Kier molecular flexibility index (Phi) is 5.08. The predicted octanol–water partition coefficient (Wildman–Crippen LogP) is 1.39. The van der Waals surface area contributed by atoms with E-state index in [0.717, 1.165) is 43.8 Å². The molecule has 1 saturated carbocycles. The summed E-state index contributed by atoms with van der Waals surface area (Å²) in [5.41, 5.74) is 1.71. The number of imide groups is 1. The number of nitrogens with one attached hydrogen (secondary N) is 2. The molecule has 0 bridgehead atoms. The summed E-state index contributed by atoms with van der Waals surface area (Å²) in [4.78, 5) is 39.2. The predicted molar refractivity (Wildman–Crippen MR) is 88.8 cm³/mol. The van der Waals surface area contributed by atoms with Gasteiger partial charge in [-0.2, -0.15) is 5.01 Å². The van der Waals surface area contributed by atoms with Crippen LogP contribution in [0.3, 0.4) is 0 Å². The Labute approximate surface area is 143 Å². The topological polar surface area (TPSA) is 81.8 Å². The fourth-order valence-corrected chi connectivity index (χ4v) is 3.97. The van der Waals surface area contributed by atoms with Crippen molar-refractivity contribution in [3.05, 3.63) is 0 Å². The van der Waals surface area contributed by atoms with E-state index in [4.69, 9.17) is 0 Å². The lowest BCUT2D eigenvalue weighted by Gasteiger charge is -2.33. The fraction of sp³-hybridized carbons (Fsp3) is 0.824. The van der Waals surface area contributed by atoms with Crippen LogP contribution in [0.4, 0.5) is 4.79 Å². The molecule has 0 aromatic heterocycles. The van der Waals surface area contributed by atoms with Crippen LogP contribution in [0.25, 0.3) is 0 Å². The SMILES string of the molecule is CC1CCC2(CC1)NC(=O)N(NC(=O)CN1CCCCCC1)C2=O. The number of nitrogens with zero attached hydrogens (tertiary/aromatic N) is 2. The van der Waals surface area contributed by atoms with Gasteiger partial charge in [0.2, 0.25) is 0 Å². The number of hydrazine groups is 1. The van der Waals surface area contributed by atoms with Crippen LogP contribution in [0.15, 0.2) is 0 Å². The van der Waals surface area contributed by atoms with Crippen LogP contribution in [0.2, 0.25) is 0 Å². The molecule has 7 nitrogen and oxygen atoms in total. The van der Waals surface area contributed by atoms with Gasteiger partial charge in [-0.15, -0.1) is 0 Å². The highest BCUT2D eigenvalue weighted by molar-refractivity contribution is 6.08. The third-order valence-electron chi connectivity index (χ3n) is 5.59. The summed E-state index contributed by atoms with van der Waals surface area (Å²) >= 11 is 0. The first-order chi connectivity index (χ1) is 11.5. The van der Waals surface area contributed by atoms with Crippen LogP contribution in [0, 0.1) is 5.92 Å². The Morgan fingerprint density at radius 2 is 1.79 bits per heavy atom. The van der Waals surface area contributed by atoms with E-state index in [1.165, 1.54) is 12.8 Å². The van der Waals surface area contributed by atoms with Crippen molar-refractivity contribution >= 4 is 17.8 Å². The van der Waals surface area contributed by atoms with E-state index in [0.29, 0.717) is 18.8 Å². The fourth-order valence-electron chi connectivity index (χ4n) is 3.97. The van der Waals surface area contributed by atoms with Gasteiger partial charge in [0.25, 0.3) is 11.8 Å². The lowest BCUT2D eigenvalue weighted by molar-refractivity contribution is -0.140. The monoisotopic (exact) mass is 336 g/mol. The number of hydrogen-bond acceptors (Lipinski definition) is 4. The lowest BCUT2D eigenvalue weighted by Crippen LogP contribution is -2.52. The Morgan fingerprint density at radius 1 is 1.17 bits per heavy atom. The molecule has 24 heavy (non-hydrogen) atoms. The van der Waals surface area contributed by atoms with Gasteiger partial charge in [-0.3, -0.25) is 19.9 Å². The van der Waals surface area contributed by atoms with Gasteiger partial charge >= 0.3 is 6.03 Å². The van der Waals surface area contributed by atoms with E-state index >= 15 is 0 Å². The third-order valence-corrected chi connectivity index (χ3v) is 5.59. The minimum atomic E-state index is -0.806. The molecule has 2 heterocycles. The van der Waals surface area contributed by atoms with Crippen molar-refractivity contribution in [1.82, 2.24) is 20.7 Å². The Hall–Kier alpha value is -1.63. The number of carbonyl (C=O) groups excluding carboxylic acids is 3. The molecule has 2 N–H and O–H groups in total. The normalized spacial score (nSPS) is 31.9. The highest BCUT2D eigenvalue weighted by Crippen LogP contribution is 2.35. The quantitative estimate of drug-likeness (QED) is 0.763. The van der Waals surface area contributed by atoms with E-state index in [-0.39, 0.29) is 18.4 Å². The Morgan fingerprint density at radius 3 is 2.42 bits per heavy atom. The molecule has 0 unspecified atom stereocenters.